The van der Waals surface area contributed by atoms with Crippen molar-refractivity contribution < 1.29 is 19.4 Å². The fraction of sp³-hybridized carbons (Fsp3) is 0.0870. The van der Waals surface area contributed by atoms with Crippen molar-refractivity contribution in [3.05, 3.63) is 83.6 Å². The highest BCUT2D eigenvalue weighted by atomic mass is 16.5. The molecule has 1 aliphatic rings. The number of aromatic nitrogens is 2. The number of rotatable bonds is 4. The standard InChI is InChI=1S/C23H17N3O4/c27-22(28)21-18-10-9-13(11-20(18)25-26-21)24-23(29)30-12-19-16-7-3-1-5-14(16)15-6-2-4-8-17(15)19/h1-11,19H,12H2,(H,24,29)(H,25,26)(H,27,28). The van der Waals surface area contributed by atoms with E-state index in [1.54, 1.807) is 18.2 Å². The largest absolute Gasteiger partial charge is 0.476 e. The molecule has 1 aromatic heterocycles. The van der Waals surface area contributed by atoms with Crippen LogP contribution in [-0.2, 0) is 4.74 Å². The first kappa shape index (κ1) is 17.9. The number of amides is 1. The van der Waals surface area contributed by atoms with Gasteiger partial charge in [0.2, 0.25) is 0 Å². The minimum absolute atomic E-state index is 0.0173. The van der Waals surface area contributed by atoms with E-state index in [1.807, 2.05) is 24.3 Å². The summed E-state index contributed by atoms with van der Waals surface area (Å²) in [4.78, 5) is 23.5. The molecule has 0 radical (unpaired) electrons. The number of ether oxygens (including phenoxy) is 1. The third-order valence-corrected chi connectivity index (χ3v) is 5.36. The van der Waals surface area contributed by atoms with Gasteiger partial charge in [0.1, 0.15) is 6.61 Å². The highest BCUT2D eigenvalue weighted by Crippen LogP contribution is 2.44. The molecule has 148 valence electrons. The number of nitrogens with zero attached hydrogens (tertiary/aromatic N) is 1. The van der Waals surface area contributed by atoms with Crippen LogP contribution in [-0.4, -0.2) is 34.0 Å². The molecule has 3 N–H and O–H groups in total. The van der Waals surface area contributed by atoms with Crippen LogP contribution in [0.15, 0.2) is 66.7 Å². The van der Waals surface area contributed by atoms with Crippen LogP contribution < -0.4 is 5.32 Å². The molecule has 30 heavy (non-hydrogen) atoms. The normalized spacial score (nSPS) is 12.4. The number of fused-ring (bicyclic) bond motifs is 4. The summed E-state index contributed by atoms with van der Waals surface area (Å²) in [6, 6.07) is 21.1. The molecule has 7 heteroatoms. The van der Waals surface area contributed by atoms with Crippen molar-refractivity contribution in [2.75, 3.05) is 11.9 Å². The molecule has 3 aromatic carbocycles. The Bertz CT molecular complexity index is 1250. The first-order valence-corrected chi connectivity index (χ1v) is 9.45. The Morgan fingerprint density at radius 3 is 2.33 bits per heavy atom. The van der Waals surface area contributed by atoms with E-state index in [4.69, 9.17) is 9.84 Å². The molecule has 1 aliphatic carbocycles. The summed E-state index contributed by atoms with van der Waals surface area (Å²) in [5, 5.41) is 18.7. The van der Waals surface area contributed by atoms with Crippen LogP contribution in [0.1, 0.15) is 27.5 Å². The van der Waals surface area contributed by atoms with E-state index < -0.39 is 12.1 Å². The lowest BCUT2D eigenvalue weighted by molar-refractivity contribution is 0.0692. The van der Waals surface area contributed by atoms with Crippen LogP contribution >= 0.6 is 0 Å². The Kier molecular flexibility index (Phi) is 4.21. The molecule has 5 rings (SSSR count). The van der Waals surface area contributed by atoms with Gasteiger partial charge in [-0.1, -0.05) is 48.5 Å². The van der Waals surface area contributed by atoms with Crippen LogP contribution in [0.3, 0.4) is 0 Å². The van der Waals surface area contributed by atoms with Crippen molar-refractivity contribution in [3.63, 3.8) is 0 Å². The summed E-state index contributed by atoms with van der Waals surface area (Å²) in [7, 11) is 0. The summed E-state index contributed by atoms with van der Waals surface area (Å²) >= 11 is 0. The monoisotopic (exact) mass is 399 g/mol. The summed E-state index contributed by atoms with van der Waals surface area (Å²) in [5.41, 5.74) is 5.57. The minimum atomic E-state index is -1.11. The molecular formula is C23H17N3O4. The molecule has 4 aromatic rings. The van der Waals surface area contributed by atoms with Gasteiger partial charge in [-0.3, -0.25) is 10.4 Å². The highest BCUT2D eigenvalue weighted by molar-refractivity contribution is 6.02. The van der Waals surface area contributed by atoms with Gasteiger partial charge in [0, 0.05) is 17.0 Å². The zero-order valence-corrected chi connectivity index (χ0v) is 15.8. The van der Waals surface area contributed by atoms with Crippen molar-refractivity contribution in [1.82, 2.24) is 10.2 Å². The molecule has 0 bridgehead atoms. The van der Waals surface area contributed by atoms with Crippen molar-refractivity contribution in [1.29, 1.82) is 0 Å². The third kappa shape index (κ3) is 2.97. The number of aromatic amines is 1. The summed E-state index contributed by atoms with van der Waals surface area (Å²) in [5.74, 6) is -1.13. The second kappa shape index (κ2) is 7.04. The summed E-state index contributed by atoms with van der Waals surface area (Å²) in [6.07, 6.45) is -0.575. The summed E-state index contributed by atoms with van der Waals surface area (Å²) in [6.45, 7) is 0.218. The third-order valence-electron chi connectivity index (χ3n) is 5.36. The molecule has 0 unspecified atom stereocenters. The van der Waals surface area contributed by atoms with Gasteiger partial charge in [0.25, 0.3) is 0 Å². The zero-order valence-electron chi connectivity index (χ0n) is 15.8. The van der Waals surface area contributed by atoms with E-state index >= 15 is 0 Å². The van der Waals surface area contributed by atoms with Crippen molar-refractivity contribution in [2.24, 2.45) is 0 Å². The molecule has 1 amide bonds. The second-order valence-electron chi connectivity index (χ2n) is 7.09. The SMILES string of the molecule is O=C(Nc1ccc2c(C(=O)O)n[nH]c2c1)OCC1c2ccccc2-c2ccccc21. The maximum atomic E-state index is 12.4. The smallest absolute Gasteiger partial charge is 0.411 e. The van der Waals surface area contributed by atoms with Crippen LogP contribution in [0.25, 0.3) is 22.0 Å². The van der Waals surface area contributed by atoms with Gasteiger partial charge in [-0.15, -0.1) is 0 Å². The number of H-pyrrole nitrogens is 1. The molecule has 0 saturated heterocycles. The van der Waals surface area contributed by atoms with E-state index in [9.17, 15) is 9.59 Å². The lowest BCUT2D eigenvalue weighted by Gasteiger charge is -2.14. The second-order valence-corrected chi connectivity index (χ2v) is 7.09. The Morgan fingerprint density at radius 1 is 1.00 bits per heavy atom. The number of hydrogen-bond donors (Lipinski definition) is 3. The number of carbonyl (C=O) groups excluding carboxylic acids is 1. The number of aromatic carboxylic acids is 1. The maximum absolute atomic E-state index is 12.4. The van der Waals surface area contributed by atoms with Crippen molar-refractivity contribution >= 4 is 28.7 Å². The van der Waals surface area contributed by atoms with Crippen LogP contribution in [0.5, 0.6) is 0 Å². The minimum Gasteiger partial charge on any atom is -0.476 e. The van der Waals surface area contributed by atoms with Gasteiger partial charge in [0.05, 0.1) is 5.52 Å². The number of hydrogen-bond acceptors (Lipinski definition) is 4. The molecule has 7 nitrogen and oxygen atoms in total. The quantitative estimate of drug-likeness (QED) is 0.464. The Hall–Kier alpha value is -4.13. The maximum Gasteiger partial charge on any atom is 0.411 e. The van der Waals surface area contributed by atoms with Crippen molar-refractivity contribution in [2.45, 2.75) is 5.92 Å². The average molecular weight is 399 g/mol. The van der Waals surface area contributed by atoms with Crippen LogP contribution in [0.4, 0.5) is 10.5 Å². The zero-order chi connectivity index (χ0) is 20.7. The molecular weight excluding hydrogens is 382 g/mol. The van der Waals surface area contributed by atoms with Gasteiger partial charge in [-0.05, 0) is 40.5 Å². The highest BCUT2D eigenvalue weighted by Gasteiger charge is 2.29. The van der Waals surface area contributed by atoms with Crippen molar-refractivity contribution in [3.8, 4) is 11.1 Å². The Morgan fingerprint density at radius 2 is 1.67 bits per heavy atom. The number of anilines is 1. The van der Waals surface area contributed by atoms with Gasteiger partial charge < -0.3 is 9.84 Å². The molecule has 1 heterocycles. The number of benzene rings is 3. The summed E-state index contributed by atoms with van der Waals surface area (Å²) < 4.78 is 5.53. The van der Waals surface area contributed by atoms with Gasteiger partial charge in [-0.2, -0.15) is 5.10 Å². The number of carboxylic acids is 1. The van der Waals surface area contributed by atoms with Crippen LogP contribution in [0, 0.1) is 0 Å². The number of carboxylic acid groups (broad SMARTS) is 1. The van der Waals surface area contributed by atoms with E-state index in [-0.39, 0.29) is 18.2 Å². The molecule has 0 saturated carbocycles. The number of carbonyl (C=O) groups is 2. The van der Waals surface area contributed by atoms with Gasteiger partial charge in [-0.25, -0.2) is 9.59 Å². The van der Waals surface area contributed by atoms with Gasteiger partial charge >= 0.3 is 12.1 Å². The Labute approximate surface area is 171 Å². The first-order chi connectivity index (χ1) is 14.6. The lowest BCUT2D eigenvalue weighted by atomic mass is 9.98. The van der Waals surface area contributed by atoms with E-state index in [1.165, 1.54) is 11.1 Å². The van der Waals surface area contributed by atoms with E-state index in [2.05, 4.69) is 39.8 Å². The molecule has 0 spiro atoms. The Balaban J connectivity index is 1.31. The topological polar surface area (TPSA) is 104 Å². The van der Waals surface area contributed by atoms with E-state index in [0.29, 0.717) is 16.6 Å². The number of nitrogens with one attached hydrogen (secondary N) is 2. The van der Waals surface area contributed by atoms with E-state index in [0.717, 1.165) is 11.1 Å². The predicted molar refractivity (Wildman–Crippen MR) is 112 cm³/mol. The van der Waals surface area contributed by atoms with Crippen LogP contribution in [0.2, 0.25) is 0 Å². The predicted octanol–water partition coefficient (Wildman–Crippen LogP) is 4.62. The fourth-order valence-corrected chi connectivity index (χ4v) is 4.01. The molecule has 0 atom stereocenters. The van der Waals surface area contributed by atoms with Gasteiger partial charge in [0.15, 0.2) is 5.69 Å². The first-order valence-electron chi connectivity index (χ1n) is 9.45. The fourth-order valence-electron chi connectivity index (χ4n) is 4.01. The molecule has 0 aliphatic heterocycles. The molecule has 0 fully saturated rings. The lowest BCUT2D eigenvalue weighted by Crippen LogP contribution is -2.17. The average Bonchev–Trinajstić information content (AvgIpc) is 3.31.